The summed E-state index contributed by atoms with van der Waals surface area (Å²) in [6, 6.07) is 4.02. The molecule has 0 atom stereocenters. The normalized spacial score (nSPS) is 11.2. The van der Waals surface area contributed by atoms with E-state index < -0.39 is 0 Å². The molecule has 0 saturated heterocycles. The van der Waals surface area contributed by atoms with Gasteiger partial charge in [-0.2, -0.15) is 5.10 Å². The van der Waals surface area contributed by atoms with E-state index in [0.29, 0.717) is 6.04 Å². The molecule has 0 spiro atoms. The summed E-state index contributed by atoms with van der Waals surface area (Å²) in [5.41, 5.74) is 3.26. The molecular weight excluding hydrogens is 226 g/mol. The molecule has 4 heteroatoms. The summed E-state index contributed by atoms with van der Waals surface area (Å²) in [6.45, 7) is 6.27. The summed E-state index contributed by atoms with van der Waals surface area (Å²) in [4.78, 5) is 11.7. The van der Waals surface area contributed by atoms with E-state index in [9.17, 15) is 4.79 Å². The molecule has 2 aromatic rings. The van der Waals surface area contributed by atoms with Crippen molar-refractivity contribution in [1.82, 2.24) is 14.3 Å². The van der Waals surface area contributed by atoms with E-state index in [4.69, 9.17) is 0 Å². The van der Waals surface area contributed by atoms with Crippen LogP contribution in [-0.2, 0) is 13.5 Å². The van der Waals surface area contributed by atoms with Gasteiger partial charge in [-0.15, -0.1) is 0 Å². The quantitative estimate of drug-likeness (QED) is 0.833. The molecule has 0 saturated carbocycles. The number of rotatable bonds is 3. The molecule has 2 heterocycles. The summed E-state index contributed by atoms with van der Waals surface area (Å²) in [5.74, 6) is 0. The van der Waals surface area contributed by atoms with Crippen LogP contribution >= 0.6 is 0 Å². The highest BCUT2D eigenvalue weighted by molar-refractivity contribution is 5.62. The molecule has 0 aliphatic carbocycles. The van der Waals surface area contributed by atoms with Gasteiger partial charge in [0.2, 0.25) is 0 Å². The molecule has 4 nitrogen and oxygen atoms in total. The van der Waals surface area contributed by atoms with Crippen LogP contribution < -0.4 is 5.56 Å². The maximum Gasteiger partial charge on any atom is 0.250 e. The van der Waals surface area contributed by atoms with Gasteiger partial charge in [0.15, 0.2) is 0 Å². The van der Waals surface area contributed by atoms with E-state index in [1.54, 1.807) is 23.9 Å². The molecular formula is C14H19N3O. The van der Waals surface area contributed by atoms with Crippen LogP contribution in [-0.4, -0.2) is 14.3 Å². The largest absolute Gasteiger partial charge is 0.318 e. The van der Waals surface area contributed by atoms with Crippen molar-refractivity contribution in [3.63, 3.8) is 0 Å². The molecule has 0 N–H and O–H groups in total. The van der Waals surface area contributed by atoms with Crippen LogP contribution in [0.5, 0.6) is 0 Å². The van der Waals surface area contributed by atoms with Gasteiger partial charge < -0.3 is 4.57 Å². The predicted octanol–water partition coefficient (Wildman–Crippen LogP) is 2.39. The number of aryl methyl sites for hydroxylation is 2. The van der Waals surface area contributed by atoms with Crippen LogP contribution in [0.3, 0.4) is 0 Å². The van der Waals surface area contributed by atoms with Crippen LogP contribution in [0, 0.1) is 0 Å². The van der Waals surface area contributed by atoms with Crippen molar-refractivity contribution >= 4 is 0 Å². The lowest BCUT2D eigenvalue weighted by molar-refractivity contribution is 0.538. The Hall–Kier alpha value is -1.84. The summed E-state index contributed by atoms with van der Waals surface area (Å²) in [5, 5.41) is 4.35. The van der Waals surface area contributed by atoms with Gasteiger partial charge in [-0.25, -0.2) is 0 Å². The molecule has 0 aliphatic rings. The van der Waals surface area contributed by atoms with Gasteiger partial charge >= 0.3 is 0 Å². The number of hydrogen-bond donors (Lipinski definition) is 0. The van der Waals surface area contributed by atoms with Crippen LogP contribution in [0.4, 0.5) is 0 Å². The lowest BCUT2D eigenvalue weighted by Crippen LogP contribution is -2.17. The Bertz CT molecular complexity index is 608. The Morgan fingerprint density at radius 1 is 1.39 bits per heavy atom. The standard InChI is InChI=1S/C14H19N3O/c1-5-11-8-14(18)16(4)9-12(11)13-6-7-15-17(13)10(2)3/h6-10H,5H2,1-4H3. The van der Waals surface area contributed by atoms with Gasteiger partial charge in [-0.3, -0.25) is 9.48 Å². The van der Waals surface area contributed by atoms with Crippen LogP contribution in [0.2, 0.25) is 0 Å². The fourth-order valence-corrected chi connectivity index (χ4v) is 2.13. The topological polar surface area (TPSA) is 39.8 Å². The van der Waals surface area contributed by atoms with Crippen molar-refractivity contribution in [1.29, 1.82) is 0 Å². The van der Waals surface area contributed by atoms with Gasteiger partial charge in [0.05, 0.1) is 5.69 Å². The highest BCUT2D eigenvalue weighted by atomic mass is 16.1. The molecule has 0 aliphatic heterocycles. The van der Waals surface area contributed by atoms with Crippen molar-refractivity contribution < 1.29 is 0 Å². The third-order valence-electron chi connectivity index (χ3n) is 3.13. The highest BCUT2D eigenvalue weighted by Crippen LogP contribution is 2.24. The summed E-state index contributed by atoms with van der Waals surface area (Å²) in [7, 11) is 1.78. The second kappa shape index (κ2) is 4.80. The lowest BCUT2D eigenvalue weighted by Gasteiger charge is -2.14. The molecule has 0 aromatic carbocycles. The van der Waals surface area contributed by atoms with Crippen molar-refractivity contribution in [3.8, 4) is 11.3 Å². The van der Waals surface area contributed by atoms with Gasteiger partial charge in [0.25, 0.3) is 5.56 Å². The number of pyridine rings is 1. The number of aromatic nitrogens is 3. The SMILES string of the molecule is CCc1cc(=O)n(C)cc1-c1ccnn1C(C)C. The van der Waals surface area contributed by atoms with Crippen molar-refractivity contribution in [2.45, 2.75) is 33.2 Å². The third-order valence-corrected chi connectivity index (χ3v) is 3.13. The first-order valence-corrected chi connectivity index (χ1v) is 6.28. The Kier molecular flexibility index (Phi) is 3.36. The zero-order valence-corrected chi connectivity index (χ0v) is 11.3. The first-order valence-electron chi connectivity index (χ1n) is 6.28. The summed E-state index contributed by atoms with van der Waals surface area (Å²) >= 11 is 0. The molecule has 0 unspecified atom stereocenters. The second-order valence-electron chi connectivity index (χ2n) is 4.77. The highest BCUT2D eigenvalue weighted by Gasteiger charge is 2.12. The Morgan fingerprint density at radius 3 is 2.72 bits per heavy atom. The Morgan fingerprint density at radius 2 is 2.11 bits per heavy atom. The third kappa shape index (κ3) is 2.10. The van der Waals surface area contributed by atoms with Crippen molar-refractivity contribution in [2.24, 2.45) is 7.05 Å². The van der Waals surface area contributed by atoms with Crippen molar-refractivity contribution in [3.05, 3.63) is 40.4 Å². The maximum atomic E-state index is 11.7. The molecule has 0 amide bonds. The van der Waals surface area contributed by atoms with E-state index >= 15 is 0 Å². The average molecular weight is 245 g/mol. The summed E-state index contributed by atoms with van der Waals surface area (Å²) < 4.78 is 3.60. The van der Waals surface area contributed by atoms with Crippen LogP contribution in [0.1, 0.15) is 32.4 Å². The van der Waals surface area contributed by atoms with Gasteiger partial charge in [-0.1, -0.05) is 6.92 Å². The fourth-order valence-electron chi connectivity index (χ4n) is 2.13. The molecule has 18 heavy (non-hydrogen) atoms. The van der Waals surface area contributed by atoms with E-state index in [-0.39, 0.29) is 5.56 Å². The monoisotopic (exact) mass is 245 g/mol. The van der Waals surface area contributed by atoms with E-state index in [1.165, 1.54) is 0 Å². The minimum Gasteiger partial charge on any atom is -0.318 e. The predicted molar refractivity (Wildman–Crippen MR) is 72.7 cm³/mol. The molecule has 0 radical (unpaired) electrons. The van der Waals surface area contributed by atoms with E-state index in [0.717, 1.165) is 23.2 Å². The fraction of sp³-hybridized carbons (Fsp3) is 0.429. The first-order chi connectivity index (χ1) is 8.54. The van der Waals surface area contributed by atoms with Crippen LogP contribution in [0.15, 0.2) is 29.3 Å². The van der Waals surface area contributed by atoms with E-state index in [1.807, 2.05) is 16.9 Å². The molecule has 96 valence electrons. The zero-order valence-electron chi connectivity index (χ0n) is 11.3. The van der Waals surface area contributed by atoms with Gasteiger partial charge in [-0.05, 0) is 31.9 Å². The zero-order chi connectivity index (χ0) is 13.3. The maximum absolute atomic E-state index is 11.7. The lowest BCUT2D eigenvalue weighted by atomic mass is 10.0. The molecule has 0 bridgehead atoms. The van der Waals surface area contributed by atoms with Gasteiger partial charge in [0.1, 0.15) is 0 Å². The van der Waals surface area contributed by atoms with E-state index in [2.05, 4.69) is 25.9 Å². The van der Waals surface area contributed by atoms with Gasteiger partial charge in [0, 0.05) is 37.1 Å². The van der Waals surface area contributed by atoms with Crippen LogP contribution in [0.25, 0.3) is 11.3 Å². The van der Waals surface area contributed by atoms with Crippen molar-refractivity contribution in [2.75, 3.05) is 0 Å². The molecule has 0 fully saturated rings. The Labute approximate surface area is 107 Å². The smallest absolute Gasteiger partial charge is 0.250 e. The second-order valence-corrected chi connectivity index (χ2v) is 4.77. The molecule has 2 aromatic heterocycles. The number of nitrogens with zero attached hydrogens (tertiary/aromatic N) is 3. The summed E-state index contributed by atoms with van der Waals surface area (Å²) in [6.07, 6.45) is 4.55. The average Bonchev–Trinajstić information content (AvgIpc) is 2.81. The molecule has 2 rings (SSSR count). The number of hydrogen-bond acceptors (Lipinski definition) is 2. The minimum absolute atomic E-state index is 0.0335. The Balaban J connectivity index is 2.66. The minimum atomic E-state index is 0.0335. The first kappa shape index (κ1) is 12.6.